The molecule has 3 nitrogen and oxygen atoms in total. The van der Waals surface area contributed by atoms with Crippen molar-refractivity contribution in [2.75, 3.05) is 0 Å². The van der Waals surface area contributed by atoms with E-state index in [2.05, 4.69) is 4.98 Å². The summed E-state index contributed by atoms with van der Waals surface area (Å²) in [5.74, 6) is 0. The lowest BCUT2D eigenvalue weighted by molar-refractivity contribution is 0.238. The van der Waals surface area contributed by atoms with E-state index in [1.165, 1.54) is 0 Å². The quantitative estimate of drug-likeness (QED) is 0.550. The number of pyridine rings is 1. The number of fused-ring (bicyclic) bond motifs is 1. The van der Waals surface area contributed by atoms with Gasteiger partial charge in [-0.1, -0.05) is 30.4 Å². The summed E-state index contributed by atoms with van der Waals surface area (Å²) in [6, 6.07) is 9.41. The van der Waals surface area contributed by atoms with Gasteiger partial charge in [-0.15, -0.1) is 0 Å². The monoisotopic (exact) mass is 204 g/mol. The standard InChI is InChI=1S/C10H8N2OS/c13-12-10(14)8-5-6-11-9-4-2-1-3-7(8)9/h1-6,13H,(H,12,14). The Morgan fingerprint density at radius 1 is 1.29 bits per heavy atom. The number of benzene rings is 1. The fraction of sp³-hybridized carbons (Fsp3) is 0. The van der Waals surface area contributed by atoms with Gasteiger partial charge in [-0.25, -0.2) is 0 Å². The zero-order chi connectivity index (χ0) is 9.97. The summed E-state index contributed by atoms with van der Waals surface area (Å²) >= 11 is 4.96. The van der Waals surface area contributed by atoms with Crippen LogP contribution in [0.5, 0.6) is 0 Å². The summed E-state index contributed by atoms with van der Waals surface area (Å²) in [6.45, 7) is 0. The van der Waals surface area contributed by atoms with Gasteiger partial charge in [0.25, 0.3) is 0 Å². The van der Waals surface area contributed by atoms with E-state index >= 15 is 0 Å². The lowest BCUT2D eigenvalue weighted by Crippen LogP contribution is -2.17. The van der Waals surface area contributed by atoms with Crippen molar-refractivity contribution >= 4 is 28.1 Å². The molecule has 1 heterocycles. The van der Waals surface area contributed by atoms with Crippen LogP contribution in [0, 0.1) is 0 Å². The van der Waals surface area contributed by atoms with E-state index in [1.54, 1.807) is 12.3 Å². The summed E-state index contributed by atoms with van der Waals surface area (Å²) in [6.07, 6.45) is 1.67. The second-order valence-corrected chi connectivity index (χ2v) is 3.22. The summed E-state index contributed by atoms with van der Waals surface area (Å²) in [4.78, 5) is 4.50. The molecule has 0 saturated carbocycles. The van der Waals surface area contributed by atoms with Crippen LogP contribution in [0.2, 0.25) is 0 Å². The van der Waals surface area contributed by atoms with Crippen molar-refractivity contribution in [2.45, 2.75) is 0 Å². The number of hydrogen-bond acceptors (Lipinski definition) is 3. The van der Waals surface area contributed by atoms with Crippen LogP contribution < -0.4 is 5.48 Å². The summed E-state index contributed by atoms with van der Waals surface area (Å²) in [5.41, 5.74) is 3.63. The SMILES string of the molecule is ONC(=S)c1ccnc2ccccc12. The van der Waals surface area contributed by atoms with Crippen LogP contribution in [0.15, 0.2) is 36.5 Å². The van der Waals surface area contributed by atoms with Crippen molar-refractivity contribution in [1.29, 1.82) is 0 Å². The first-order chi connectivity index (χ1) is 6.83. The number of rotatable bonds is 1. The second-order valence-electron chi connectivity index (χ2n) is 2.82. The van der Waals surface area contributed by atoms with Gasteiger partial charge in [-0.3, -0.25) is 15.7 Å². The number of nitrogens with one attached hydrogen (secondary N) is 1. The van der Waals surface area contributed by atoms with Crippen molar-refractivity contribution in [3.05, 3.63) is 42.1 Å². The van der Waals surface area contributed by atoms with Gasteiger partial charge in [-0.05, 0) is 12.1 Å². The van der Waals surface area contributed by atoms with Crippen molar-refractivity contribution in [1.82, 2.24) is 10.5 Å². The molecule has 0 spiro atoms. The van der Waals surface area contributed by atoms with Crippen LogP contribution in [-0.2, 0) is 0 Å². The third-order valence-electron chi connectivity index (χ3n) is 2.00. The molecular formula is C10H8N2OS. The Labute approximate surface area is 86.4 Å². The second kappa shape index (κ2) is 3.69. The summed E-state index contributed by atoms with van der Waals surface area (Å²) in [5, 5.41) is 9.67. The van der Waals surface area contributed by atoms with Crippen LogP contribution in [0.4, 0.5) is 0 Å². The molecule has 70 valence electrons. The highest BCUT2D eigenvalue weighted by Crippen LogP contribution is 2.15. The number of aromatic nitrogens is 1. The third-order valence-corrected chi connectivity index (χ3v) is 2.31. The molecule has 0 saturated heterocycles. The van der Waals surface area contributed by atoms with E-state index < -0.39 is 0 Å². The molecule has 1 aromatic heterocycles. The maximum Gasteiger partial charge on any atom is 0.131 e. The van der Waals surface area contributed by atoms with E-state index in [1.807, 2.05) is 29.7 Å². The zero-order valence-corrected chi connectivity index (χ0v) is 8.08. The van der Waals surface area contributed by atoms with Crippen molar-refractivity contribution in [3.8, 4) is 0 Å². The van der Waals surface area contributed by atoms with Crippen molar-refractivity contribution in [3.63, 3.8) is 0 Å². The molecule has 0 aliphatic heterocycles. The van der Waals surface area contributed by atoms with Crippen LogP contribution in [0.3, 0.4) is 0 Å². The number of hydrogen-bond donors (Lipinski definition) is 2. The van der Waals surface area contributed by atoms with Crippen LogP contribution in [-0.4, -0.2) is 15.2 Å². The van der Waals surface area contributed by atoms with Gasteiger partial charge in [0.05, 0.1) is 5.52 Å². The number of nitrogens with zero attached hydrogens (tertiary/aromatic N) is 1. The largest absolute Gasteiger partial charge is 0.290 e. The third kappa shape index (κ3) is 1.45. The van der Waals surface area contributed by atoms with Gasteiger partial charge < -0.3 is 0 Å². The molecule has 2 rings (SSSR count). The highest BCUT2D eigenvalue weighted by Gasteiger charge is 2.04. The maximum absolute atomic E-state index is 8.74. The van der Waals surface area contributed by atoms with Crippen molar-refractivity contribution in [2.24, 2.45) is 0 Å². The van der Waals surface area contributed by atoms with Crippen LogP contribution in [0.1, 0.15) is 5.56 Å². The minimum atomic E-state index is 0.309. The Hall–Kier alpha value is -1.52. The molecular weight excluding hydrogens is 196 g/mol. The smallest absolute Gasteiger partial charge is 0.131 e. The van der Waals surface area contributed by atoms with E-state index in [0.717, 1.165) is 16.5 Å². The zero-order valence-electron chi connectivity index (χ0n) is 7.27. The molecule has 0 amide bonds. The molecule has 2 aromatic rings. The molecule has 0 fully saturated rings. The topological polar surface area (TPSA) is 45.1 Å². The molecule has 0 radical (unpaired) electrons. The van der Waals surface area contributed by atoms with Crippen molar-refractivity contribution < 1.29 is 5.21 Å². The predicted molar refractivity (Wildman–Crippen MR) is 58.4 cm³/mol. The van der Waals surface area contributed by atoms with E-state index in [9.17, 15) is 0 Å². The first kappa shape index (κ1) is 9.05. The normalized spacial score (nSPS) is 10.1. The molecule has 0 aliphatic rings. The molecule has 0 atom stereocenters. The predicted octanol–water partition coefficient (Wildman–Crippen LogP) is 1.89. The molecule has 4 heteroatoms. The Balaban J connectivity index is 2.71. The van der Waals surface area contributed by atoms with Gasteiger partial charge in [0.2, 0.25) is 0 Å². The Morgan fingerprint density at radius 2 is 2.07 bits per heavy atom. The lowest BCUT2D eigenvalue weighted by atomic mass is 10.1. The maximum atomic E-state index is 8.74. The Kier molecular flexibility index (Phi) is 2.39. The Morgan fingerprint density at radius 3 is 2.86 bits per heavy atom. The molecule has 14 heavy (non-hydrogen) atoms. The fourth-order valence-electron chi connectivity index (χ4n) is 1.35. The molecule has 0 unspecified atom stereocenters. The number of para-hydroxylation sites is 1. The lowest BCUT2D eigenvalue weighted by Gasteiger charge is -2.05. The van der Waals surface area contributed by atoms with E-state index in [4.69, 9.17) is 17.4 Å². The molecule has 1 aromatic carbocycles. The minimum Gasteiger partial charge on any atom is -0.290 e. The van der Waals surface area contributed by atoms with Gasteiger partial charge in [-0.2, -0.15) is 0 Å². The number of thiocarbonyl (C=S) groups is 1. The highest BCUT2D eigenvalue weighted by atomic mass is 32.1. The van der Waals surface area contributed by atoms with Gasteiger partial charge >= 0.3 is 0 Å². The molecule has 2 N–H and O–H groups in total. The van der Waals surface area contributed by atoms with Crippen LogP contribution >= 0.6 is 12.2 Å². The first-order valence-corrected chi connectivity index (χ1v) is 4.52. The molecule has 0 bridgehead atoms. The molecule has 0 aliphatic carbocycles. The Bertz CT molecular complexity index is 479. The average Bonchev–Trinajstić information content (AvgIpc) is 2.27. The van der Waals surface area contributed by atoms with E-state index in [-0.39, 0.29) is 0 Å². The van der Waals surface area contributed by atoms with E-state index in [0.29, 0.717) is 4.99 Å². The fourth-order valence-corrected chi connectivity index (χ4v) is 1.53. The van der Waals surface area contributed by atoms with Crippen LogP contribution in [0.25, 0.3) is 10.9 Å². The average molecular weight is 204 g/mol. The minimum absolute atomic E-state index is 0.309. The van der Waals surface area contributed by atoms with Gasteiger partial charge in [0.15, 0.2) is 0 Å². The first-order valence-electron chi connectivity index (χ1n) is 4.11. The van der Waals surface area contributed by atoms with Gasteiger partial charge in [0, 0.05) is 17.1 Å². The summed E-state index contributed by atoms with van der Waals surface area (Å²) < 4.78 is 0. The van der Waals surface area contributed by atoms with Gasteiger partial charge in [0.1, 0.15) is 4.99 Å². The summed E-state index contributed by atoms with van der Waals surface area (Å²) in [7, 11) is 0. The number of hydroxylamine groups is 1. The highest BCUT2D eigenvalue weighted by molar-refractivity contribution is 7.80.